The highest BCUT2D eigenvalue weighted by atomic mass is 16.3. The van der Waals surface area contributed by atoms with Gasteiger partial charge in [0.25, 0.3) is 0 Å². The molecule has 0 radical (unpaired) electrons. The van der Waals surface area contributed by atoms with Gasteiger partial charge >= 0.3 is 0 Å². The Kier molecular flexibility index (Phi) is 2.67. The summed E-state index contributed by atoms with van der Waals surface area (Å²) in [6.45, 7) is -0.175. The van der Waals surface area contributed by atoms with Gasteiger partial charge < -0.3 is 5.11 Å². The maximum Gasteiger partial charge on any atom is 0.233 e. The molecular weight excluding hydrogens is 230 g/mol. The largest absolute Gasteiger partial charge is 0.394 e. The van der Waals surface area contributed by atoms with Crippen LogP contribution in [0.25, 0.3) is 0 Å². The van der Waals surface area contributed by atoms with Crippen molar-refractivity contribution >= 4 is 11.8 Å². The van der Waals surface area contributed by atoms with E-state index in [-0.39, 0.29) is 30.3 Å². The van der Waals surface area contributed by atoms with E-state index in [0.717, 1.165) is 5.56 Å². The summed E-state index contributed by atoms with van der Waals surface area (Å²) in [7, 11) is 0. The molecule has 2 amide bonds. The molecule has 0 aromatic heterocycles. The van der Waals surface area contributed by atoms with Gasteiger partial charge in [-0.3, -0.25) is 14.5 Å². The van der Waals surface area contributed by atoms with E-state index in [9.17, 15) is 14.7 Å². The minimum absolute atomic E-state index is 0.0951. The summed E-state index contributed by atoms with van der Waals surface area (Å²) in [5.41, 5.74) is 1.03. The van der Waals surface area contributed by atoms with Crippen molar-refractivity contribution in [1.29, 1.82) is 0 Å². The Morgan fingerprint density at radius 1 is 1.17 bits per heavy atom. The molecule has 18 heavy (non-hydrogen) atoms. The molecule has 1 heterocycles. The fraction of sp³-hybridized carbons (Fsp3) is 0.429. The van der Waals surface area contributed by atoms with Gasteiger partial charge in [0.1, 0.15) is 0 Å². The molecule has 3 atom stereocenters. The molecule has 1 aliphatic heterocycles. The van der Waals surface area contributed by atoms with Gasteiger partial charge in [0.05, 0.1) is 24.5 Å². The molecule has 1 aromatic carbocycles. The number of nitrogens with zero attached hydrogens (tertiary/aromatic N) is 1. The van der Waals surface area contributed by atoms with Gasteiger partial charge in [-0.2, -0.15) is 0 Å². The number of piperidine rings is 1. The normalized spacial score (nSPS) is 27.3. The fourth-order valence-electron chi connectivity index (χ4n) is 2.69. The molecule has 1 N–H and O–H groups in total. The lowest BCUT2D eigenvalue weighted by Crippen LogP contribution is -2.45. The number of carbonyl (C=O) groups is 2. The molecule has 94 valence electrons. The van der Waals surface area contributed by atoms with Crippen LogP contribution in [0.3, 0.4) is 0 Å². The maximum absolute atomic E-state index is 11.9. The van der Waals surface area contributed by atoms with Crippen LogP contribution in [0.15, 0.2) is 30.3 Å². The zero-order valence-electron chi connectivity index (χ0n) is 9.95. The molecule has 4 heteroatoms. The lowest BCUT2D eigenvalue weighted by molar-refractivity contribution is -0.145. The van der Waals surface area contributed by atoms with Crippen molar-refractivity contribution in [3.63, 3.8) is 0 Å². The van der Waals surface area contributed by atoms with E-state index in [2.05, 4.69) is 0 Å². The Morgan fingerprint density at radius 2 is 1.78 bits per heavy atom. The van der Waals surface area contributed by atoms with E-state index in [1.54, 1.807) is 0 Å². The third kappa shape index (κ3) is 1.73. The number of aliphatic hydroxyl groups is 1. The number of aliphatic hydroxyl groups excluding tert-OH is 1. The van der Waals surface area contributed by atoms with Crippen LogP contribution in [-0.2, 0) is 16.0 Å². The molecule has 1 saturated carbocycles. The van der Waals surface area contributed by atoms with Crippen LogP contribution in [0, 0.1) is 11.8 Å². The smallest absolute Gasteiger partial charge is 0.233 e. The van der Waals surface area contributed by atoms with Crippen molar-refractivity contribution in [1.82, 2.24) is 4.90 Å². The predicted octanol–water partition coefficient (Wildman–Crippen LogP) is 0.595. The Hall–Kier alpha value is -1.68. The molecule has 2 fully saturated rings. The lowest BCUT2D eigenvalue weighted by atomic mass is 10.1. The van der Waals surface area contributed by atoms with Crippen LogP contribution in [0.2, 0.25) is 0 Å². The molecule has 0 bridgehead atoms. The van der Waals surface area contributed by atoms with Gasteiger partial charge in [-0.05, 0) is 18.4 Å². The molecule has 2 aliphatic rings. The van der Waals surface area contributed by atoms with Crippen LogP contribution in [-0.4, -0.2) is 34.5 Å². The van der Waals surface area contributed by atoms with Gasteiger partial charge in [-0.25, -0.2) is 0 Å². The zero-order chi connectivity index (χ0) is 12.7. The van der Waals surface area contributed by atoms with E-state index in [4.69, 9.17) is 0 Å². The first kappa shape index (κ1) is 11.4. The predicted molar refractivity (Wildman–Crippen MR) is 64.5 cm³/mol. The van der Waals surface area contributed by atoms with Crippen LogP contribution in [0.4, 0.5) is 0 Å². The number of amides is 2. The SMILES string of the molecule is O=C1C2CC2C(=O)N1[C@H](CO)Cc1ccccc1. The number of benzene rings is 1. The standard InChI is InChI=1S/C14H15NO3/c16-8-10(6-9-4-2-1-3-5-9)15-13(17)11-7-12(11)14(15)18/h1-5,10-12,16H,6-8H2/t10-,11?,12?/m0/s1. The van der Waals surface area contributed by atoms with Crippen molar-refractivity contribution < 1.29 is 14.7 Å². The summed E-state index contributed by atoms with van der Waals surface area (Å²) in [5, 5.41) is 9.44. The maximum atomic E-state index is 11.9. The molecule has 3 rings (SSSR count). The summed E-state index contributed by atoms with van der Waals surface area (Å²) in [6, 6.07) is 9.20. The van der Waals surface area contributed by atoms with Crippen LogP contribution in [0.1, 0.15) is 12.0 Å². The number of fused-ring (bicyclic) bond motifs is 1. The van der Waals surface area contributed by atoms with E-state index in [1.165, 1.54) is 4.90 Å². The van der Waals surface area contributed by atoms with E-state index in [1.807, 2.05) is 30.3 Å². The minimum Gasteiger partial charge on any atom is -0.394 e. The highest BCUT2D eigenvalue weighted by Gasteiger charge is 2.60. The Labute approximate surface area is 105 Å². The Morgan fingerprint density at radius 3 is 2.33 bits per heavy atom. The van der Waals surface area contributed by atoms with E-state index < -0.39 is 6.04 Å². The molecule has 2 unspecified atom stereocenters. The molecule has 0 spiro atoms. The number of hydrogen-bond donors (Lipinski definition) is 1. The molecule has 1 saturated heterocycles. The molecule has 1 aliphatic carbocycles. The summed E-state index contributed by atoms with van der Waals surface area (Å²) < 4.78 is 0. The fourth-order valence-corrected chi connectivity index (χ4v) is 2.69. The molecule has 1 aromatic rings. The number of likely N-dealkylation sites (tertiary alicyclic amines) is 1. The topological polar surface area (TPSA) is 57.6 Å². The molecular formula is C14H15NO3. The first-order valence-corrected chi connectivity index (χ1v) is 6.24. The highest BCUT2D eigenvalue weighted by molar-refractivity contribution is 6.09. The number of carbonyl (C=O) groups excluding carboxylic acids is 2. The van der Waals surface area contributed by atoms with Gasteiger partial charge in [-0.15, -0.1) is 0 Å². The van der Waals surface area contributed by atoms with Crippen molar-refractivity contribution in [2.75, 3.05) is 6.61 Å². The highest BCUT2D eigenvalue weighted by Crippen LogP contribution is 2.47. The first-order chi connectivity index (χ1) is 8.72. The van der Waals surface area contributed by atoms with Crippen molar-refractivity contribution in [2.24, 2.45) is 11.8 Å². The summed E-state index contributed by atoms with van der Waals surface area (Å²) in [4.78, 5) is 25.2. The minimum atomic E-state index is -0.416. The van der Waals surface area contributed by atoms with Crippen LogP contribution < -0.4 is 0 Å². The van der Waals surface area contributed by atoms with Gasteiger partial charge in [0.2, 0.25) is 11.8 Å². The van der Waals surface area contributed by atoms with Crippen molar-refractivity contribution in [3.8, 4) is 0 Å². The quantitative estimate of drug-likeness (QED) is 0.790. The zero-order valence-corrected chi connectivity index (χ0v) is 9.95. The van der Waals surface area contributed by atoms with Gasteiger partial charge in [0, 0.05) is 0 Å². The van der Waals surface area contributed by atoms with E-state index >= 15 is 0 Å². The second-order valence-electron chi connectivity index (χ2n) is 5.02. The summed E-state index contributed by atoms with van der Waals surface area (Å²) in [5.74, 6) is -0.385. The third-order valence-electron chi connectivity index (χ3n) is 3.79. The number of hydrogen-bond acceptors (Lipinski definition) is 3. The monoisotopic (exact) mass is 245 g/mol. The number of rotatable bonds is 4. The average molecular weight is 245 g/mol. The van der Waals surface area contributed by atoms with Crippen LogP contribution in [0.5, 0.6) is 0 Å². The average Bonchev–Trinajstić information content (AvgIpc) is 3.14. The lowest BCUT2D eigenvalue weighted by Gasteiger charge is -2.26. The van der Waals surface area contributed by atoms with Crippen molar-refractivity contribution in [2.45, 2.75) is 18.9 Å². The van der Waals surface area contributed by atoms with Crippen LogP contribution >= 0.6 is 0 Å². The molecule has 4 nitrogen and oxygen atoms in total. The second kappa shape index (κ2) is 4.21. The van der Waals surface area contributed by atoms with Gasteiger partial charge in [0.15, 0.2) is 0 Å². The summed E-state index contributed by atoms with van der Waals surface area (Å²) in [6.07, 6.45) is 1.23. The Balaban J connectivity index is 1.77. The van der Waals surface area contributed by atoms with Crippen molar-refractivity contribution in [3.05, 3.63) is 35.9 Å². The van der Waals surface area contributed by atoms with Gasteiger partial charge in [-0.1, -0.05) is 30.3 Å². The second-order valence-corrected chi connectivity index (χ2v) is 5.02. The number of imide groups is 1. The third-order valence-corrected chi connectivity index (χ3v) is 3.79. The Bertz CT molecular complexity index is 465. The summed E-state index contributed by atoms with van der Waals surface area (Å²) >= 11 is 0. The van der Waals surface area contributed by atoms with E-state index in [0.29, 0.717) is 12.8 Å². The first-order valence-electron chi connectivity index (χ1n) is 6.24.